The van der Waals surface area contributed by atoms with Crippen molar-refractivity contribution in [3.63, 3.8) is 0 Å². The SMILES string of the molecule is Cc1cc(Cl)cc(C(=O)O)c1C. The van der Waals surface area contributed by atoms with E-state index in [2.05, 4.69) is 0 Å². The van der Waals surface area contributed by atoms with Gasteiger partial charge in [0.15, 0.2) is 0 Å². The van der Waals surface area contributed by atoms with Crippen LogP contribution in [0, 0.1) is 13.8 Å². The maximum atomic E-state index is 10.7. The second-order valence-corrected chi connectivity index (χ2v) is 3.14. The average Bonchev–Trinajstić information content (AvgIpc) is 1.96. The zero-order valence-electron chi connectivity index (χ0n) is 6.89. The van der Waals surface area contributed by atoms with E-state index in [0.29, 0.717) is 5.02 Å². The number of aryl methyl sites for hydroxylation is 1. The molecule has 0 aromatic heterocycles. The number of carboxylic acids is 1. The molecule has 0 amide bonds. The van der Waals surface area contributed by atoms with Gasteiger partial charge in [-0.3, -0.25) is 0 Å². The standard InChI is InChI=1S/C9H9ClO2/c1-5-3-7(10)4-8(6(5)2)9(11)12/h3-4H,1-2H3,(H,11,12). The minimum Gasteiger partial charge on any atom is -0.478 e. The fourth-order valence-electron chi connectivity index (χ4n) is 1.04. The fourth-order valence-corrected chi connectivity index (χ4v) is 1.31. The number of benzene rings is 1. The highest BCUT2D eigenvalue weighted by molar-refractivity contribution is 6.31. The summed E-state index contributed by atoms with van der Waals surface area (Å²) in [6, 6.07) is 3.22. The van der Waals surface area contributed by atoms with E-state index in [1.165, 1.54) is 6.07 Å². The molecule has 0 aliphatic heterocycles. The third-order valence-electron chi connectivity index (χ3n) is 1.86. The number of aromatic carboxylic acids is 1. The van der Waals surface area contributed by atoms with E-state index in [-0.39, 0.29) is 5.56 Å². The first-order chi connectivity index (χ1) is 5.52. The van der Waals surface area contributed by atoms with Crippen LogP contribution >= 0.6 is 11.6 Å². The van der Waals surface area contributed by atoms with Crippen LogP contribution in [0.1, 0.15) is 21.5 Å². The molecule has 1 aromatic rings. The summed E-state index contributed by atoms with van der Waals surface area (Å²) in [5.41, 5.74) is 1.95. The Hall–Kier alpha value is -1.02. The highest BCUT2D eigenvalue weighted by Crippen LogP contribution is 2.19. The van der Waals surface area contributed by atoms with Crippen molar-refractivity contribution < 1.29 is 9.90 Å². The van der Waals surface area contributed by atoms with Crippen LogP contribution in [0.15, 0.2) is 12.1 Å². The van der Waals surface area contributed by atoms with Gasteiger partial charge in [0.05, 0.1) is 5.56 Å². The zero-order chi connectivity index (χ0) is 9.30. The number of hydrogen-bond donors (Lipinski definition) is 1. The van der Waals surface area contributed by atoms with Crippen LogP contribution in [0.25, 0.3) is 0 Å². The Morgan fingerprint density at radius 1 is 1.42 bits per heavy atom. The van der Waals surface area contributed by atoms with Crippen LogP contribution in [0.5, 0.6) is 0 Å². The van der Waals surface area contributed by atoms with E-state index in [0.717, 1.165) is 11.1 Å². The van der Waals surface area contributed by atoms with Gasteiger partial charge in [-0.2, -0.15) is 0 Å². The van der Waals surface area contributed by atoms with Gasteiger partial charge in [0.25, 0.3) is 0 Å². The molecule has 0 aliphatic carbocycles. The van der Waals surface area contributed by atoms with E-state index in [1.807, 2.05) is 6.92 Å². The Balaban J connectivity index is 3.37. The summed E-state index contributed by atoms with van der Waals surface area (Å²) in [5, 5.41) is 9.22. The van der Waals surface area contributed by atoms with Crippen molar-refractivity contribution in [1.82, 2.24) is 0 Å². The van der Waals surface area contributed by atoms with Crippen LogP contribution in [0.4, 0.5) is 0 Å². The number of hydrogen-bond acceptors (Lipinski definition) is 1. The topological polar surface area (TPSA) is 37.3 Å². The molecule has 0 spiro atoms. The number of carboxylic acid groups (broad SMARTS) is 1. The monoisotopic (exact) mass is 184 g/mol. The Bertz CT molecular complexity index is 332. The van der Waals surface area contributed by atoms with E-state index < -0.39 is 5.97 Å². The lowest BCUT2D eigenvalue weighted by Gasteiger charge is -2.04. The minimum atomic E-state index is -0.932. The minimum absolute atomic E-state index is 0.278. The molecule has 1 aromatic carbocycles. The summed E-state index contributed by atoms with van der Waals surface area (Å²) in [7, 11) is 0. The molecule has 1 rings (SSSR count). The van der Waals surface area contributed by atoms with E-state index in [4.69, 9.17) is 16.7 Å². The van der Waals surface area contributed by atoms with Crippen LogP contribution < -0.4 is 0 Å². The first-order valence-electron chi connectivity index (χ1n) is 3.52. The first kappa shape index (κ1) is 9.07. The Morgan fingerprint density at radius 3 is 2.50 bits per heavy atom. The smallest absolute Gasteiger partial charge is 0.336 e. The summed E-state index contributed by atoms with van der Waals surface area (Å²) in [5.74, 6) is -0.932. The van der Waals surface area contributed by atoms with Gasteiger partial charge in [-0.05, 0) is 37.1 Å². The van der Waals surface area contributed by atoms with Gasteiger partial charge in [0.2, 0.25) is 0 Å². The molecule has 64 valence electrons. The molecule has 1 N–H and O–H groups in total. The van der Waals surface area contributed by atoms with Gasteiger partial charge < -0.3 is 5.11 Å². The normalized spacial score (nSPS) is 9.92. The van der Waals surface area contributed by atoms with Gasteiger partial charge in [-0.25, -0.2) is 4.79 Å². The summed E-state index contributed by atoms with van der Waals surface area (Å²) in [6.45, 7) is 3.61. The molecule has 0 radical (unpaired) electrons. The zero-order valence-corrected chi connectivity index (χ0v) is 7.64. The summed E-state index contributed by atoms with van der Waals surface area (Å²) in [4.78, 5) is 10.7. The lowest BCUT2D eigenvalue weighted by Crippen LogP contribution is -2.00. The summed E-state index contributed by atoms with van der Waals surface area (Å²) < 4.78 is 0. The molecule has 0 heterocycles. The van der Waals surface area contributed by atoms with Gasteiger partial charge in [0, 0.05) is 5.02 Å². The molecule has 3 heteroatoms. The Labute approximate surface area is 75.8 Å². The highest BCUT2D eigenvalue weighted by atomic mass is 35.5. The van der Waals surface area contributed by atoms with Gasteiger partial charge in [-0.15, -0.1) is 0 Å². The van der Waals surface area contributed by atoms with Gasteiger partial charge >= 0.3 is 5.97 Å². The van der Waals surface area contributed by atoms with Gasteiger partial charge in [-0.1, -0.05) is 11.6 Å². The van der Waals surface area contributed by atoms with Gasteiger partial charge in [0.1, 0.15) is 0 Å². The molecular weight excluding hydrogens is 176 g/mol. The maximum Gasteiger partial charge on any atom is 0.336 e. The molecule has 0 aliphatic rings. The average molecular weight is 185 g/mol. The molecule has 0 fully saturated rings. The van der Waals surface area contributed by atoms with Crippen LogP contribution in [0.3, 0.4) is 0 Å². The molecule has 0 saturated heterocycles. The van der Waals surface area contributed by atoms with Crippen molar-refractivity contribution in [2.45, 2.75) is 13.8 Å². The predicted octanol–water partition coefficient (Wildman–Crippen LogP) is 2.66. The molecule has 0 bridgehead atoms. The quantitative estimate of drug-likeness (QED) is 0.729. The molecule has 0 saturated carbocycles. The predicted molar refractivity (Wildman–Crippen MR) is 47.9 cm³/mol. The van der Waals surface area contributed by atoms with E-state index in [1.54, 1.807) is 13.0 Å². The van der Waals surface area contributed by atoms with Crippen molar-refractivity contribution in [1.29, 1.82) is 0 Å². The lowest BCUT2D eigenvalue weighted by atomic mass is 10.0. The van der Waals surface area contributed by atoms with E-state index in [9.17, 15) is 4.79 Å². The molecule has 0 atom stereocenters. The molecule has 2 nitrogen and oxygen atoms in total. The van der Waals surface area contributed by atoms with Crippen molar-refractivity contribution in [3.05, 3.63) is 33.8 Å². The van der Waals surface area contributed by atoms with Crippen LogP contribution in [-0.2, 0) is 0 Å². The Morgan fingerprint density at radius 2 is 2.00 bits per heavy atom. The summed E-state index contributed by atoms with van der Waals surface area (Å²) in [6.07, 6.45) is 0. The summed E-state index contributed by atoms with van der Waals surface area (Å²) >= 11 is 5.70. The highest BCUT2D eigenvalue weighted by Gasteiger charge is 2.09. The van der Waals surface area contributed by atoms with Crippen molar-refractivity contribution >= 4 is 17.6 Å². The third-order valence-corrected chi connectivity index (χ3v) is 2.08. The second kappa shape index (κ2) is 3.15. The van der Waals surface area contributed by atoms with Crippen molar-refractivity contribution in [2.75, 3.05) is 0 Å². The maximum absolute atomic E-state index is 10.7. The van der Waals surface area contributed by atoms with E-state index >= 15 is 0 Å². The second-order valence-electron chi connectivity index (χ2n) is 2.70. The largest absolute Gasteiger partial charge is 0.478 e. The fraction of sp³-hybridized carbons (Fsp3) is 0.222. The number of halogens is 1. The molecule has 12 heavy (non-hydrogen) atoms. The lowest BCUT2D eigenvalue weighted by molar-refractivity contribution is 0.0696. The third kappa shape index (κ3) is 1.59. The van der Waals surface area contributed by atoms with Crippen LogP contribution in [-0.4, -0.2) is 11.1 Å². The number of carbonyl (C=O) groups is 1. The Kier molecular flexibility index (Phi) is 2.38. The number of rotatable bonds is 1. The first-order valence-corrected chi connectivity index (χ1v) is 3.90. The molecular formula is C9H9ClO2. The molecule has 0 unspecified atom stereocenters. The van der Waals surface area contributed by atoms with Crippen molar-refractivity contribution in [3.8, 4) is 0 Å². The van der Waals surface area contributed by atoms with Crippen LogP contribution in [0.2, 0.25) is 5.02 Å². The van der Waals surface area contributed by atoms with Crippen molar-refractivity contribution in [2.24, 2.45) is 0 Å².